The third-order valence-corrected chi connectivity index (χ3v) is 3.62. The fourth-order valence-electron chi connectivity index (χ4n) is 2.07. The van der Waals surface area contributed by atoms with Crippen LogP contribution in [-0.2, 0) is 5.33 Å². The molecule has 4 heteroatoms. The van der Waals surface area contributed by atoms with Crippen LogP contribution in [0.5, 0.6) is 0 Å². The van der Waals surface area contributed by atoms with Crippen LogP contribution in [0.4, 0.5) is 14.5 Å². The van der Waals surface area contributed by atoms with E-state index in [0.29, 0.717) is 23.5 Å². The first-order chi connectivity index (χ1) is 8.17. The lowest BCUT2D eigenvalue weighted by atomic mass is 10.2. The van der Waals surface area contributed by atoms with Gasteiger partial charge in [0.2, 0.25) is 0 Å². The number of hydrogen-bond acceptors (Lipinski definition) is 1. The summed E-state index contributed by atoms with van der Waals surface area (Å²) in [7, 11) is 0. The molecular weight excluding hydrogens is 288 g/mol. The largest absolute Gasteiger partial charge is 0.364 e. The molecule has 0 spiro atoms. The summed E-state index contributed by atoms with van der Waals surface area (Å²) in [5, 5.41) is 0.471. The molecule has 0 amide bonds. The van der Waals surface area contributed by atoms with Crippen molar-refractivity contribution in [2.24, 2.45) is 0 Å². The van der Waals surface area contributed by atoms with Crippen molar-refractivity contribution in [1.82, 2.24) is 0 Å². The molecule has 1 aliphatic rings. The van der Waals surface area contributed by atoms with Crippen LogP contribution in [0, 0.1) is 11.6 Å². The molecule has 0 aliphatic heterocycles. The first-order valence-electron chi connectivity index (χ1n) is 5.98. The topological polar surface area (TPSA) is 3.24 Å². The van der Waals surface area contributed by atoms with Gasteiger partial charge in [-0.25, -0.2) is 8.78 Å². The predicted octanol–water partition coefficient (Wildman–Crippen LogP) is 4.24. The maximum absolute atomic E-state index is 14.0. The molecular formula is C13H16BrF2N. The van der Waals surface area contributed by atoms with Gasteiger partial charge in [0.15, 0.2) is 0 Å². The average molecular weight is 304 g/mol. The van der Waals surface area contributed by atoms with Crippen LogP contribution in [0.25, 0.3) is 0 Å². The molecule has 1 aromatic carbocycles. The number of alkyl halides is 1. The van der Waals surface area contributed by atoms with E-state index in [4.69, 9.17) is 0 Å². The molecule has 0 heterocycles. The van der Waals surface area contributed by atoms with Gasteiger partial charge in [-0.05, 0) is 37.0 Å². The molecule has 1 saturated carbocycles. The van der Waals surface area contributed by atoms with Crippen molar-refractivity contribution in [2.75, 3.05) is 11.4 Å². The maximum atomic E-state index is 14.0. The number of anilines is 1. The Morgan fingerprint density at radius 3 is 2.29 bits per heavy atom. The zero-order valence-corrected chi connectivity index (χ0v) is 11.4. The smallest absolute Gasteiger partial charge is 0.149 e. The summed E-state index contributed by atoms with van der Waals surface area (Å²) < 4.78 is 27.9. The molecule has 17 heavy (non-hydrogen) atoms. The summed E-state index contributed by atoms with van der Waals surface area (Å²) in [6, 6.07) is 3.16. The molecule has 0 unspecified atom stereocenters. The summed E-state index contributed by atoms with van der Waals surface area (Å²) in [4.78, 5) is 1.88. The van der Waals surface area contributed by atoms with Crippen molar-refractivity contribution in [2.45, 2.75) is 37.6 Å². The minimum atomic E-state index is -0.445. The Kier molecular flexibility index (Phi) is 4.02. The Labute approximate surface area is 109 Å². The van der Waals surface area contributed by atoms with Crippen LogP contribution in [0.2, 0.25) is 0 Å². The highest BCUT2D eigenvalue weighted by Gasteiger charge is 2.32. The van der Waals surface area contributed by atoms with Crippen LogP contribution in [0.3, 0.4) is 0 Å². The molecule has 0 saturated heterocycles. The molecule has 1 nitrogen and oxygen atoms in total. The quantitative estimate of drug-likeness (QED) is 0.736. The van der Waals surface area contributed by atoms with E-state index in [-0.39, 0.29) is 5.69 Å². The van der Waals surface area contributed by atoms with E-state index in [2.05, 4.69) is 15.9 Å². The number of hydrogen-bond donors (Lipinski definition) is 0. The number of rotatable bonds is 5. The Balaban J connectivity index is 2.35. The summed E-state index contributed by atoms with van der Waals surface area (Å²) in [6.45, 7) is 2.74. The highest BCUT2D eigenvalue weighted by atomic mass is 79.9. The molecule has 0 atom stereocenters. The van der Waals surface area contributed by atoms with Gasteiger partial charge in [0, 0.05) is 17.9 Å². The lowest BCUT2D eigenvalue weighted by Crippen LogP contribution is -2.28. The highest BCUT2D eigenvalue weighted by molar-refractivity contribution is 9.08. The fraction of sp³-hybridized carbons (Fsp3) is 0.538. The van der Waals surface area contributed by atoms with E-state index in [9.17, 15) is 8.78 Å². The van der Waals surface area contributed by atoms with E-state index in [1.807, 2.05) is 11.8 Å². The van der Waals surface area contributed by atoms with Gasteiger partial charge in [0.1, 0.15) is 17.3 Å². The lowest BCUT2D eigenvalue weighted by molar-refractivity contribution is 0.565. The Bertz CT molecular complexity index is 381. The van der Waals surface area contributed by atoms with Crippen LogP contribution in [0.1, 0.15) is 31.7 Å². The normalized spacial score (nSPS) is 15.1. The molecule has 94 valence electrons. The van der Waals surface area contributed by atoms with Gasteiger partial charge in [0.05, 0.1) is 0 Å². The van der Waals surface area contributed by atoms with Crippen molar-refractivity contribution >= 4 is 21.6 Å². The van der Waals surface area contributed by atoms with Crippen molar-refractivity contribution in [3.8, 4) is 0 Å². The van der Waals surface area contributed by atoms with Gasteiger partial charge >= 0.3 is 0 Å². The SMILES string of the molecule is CCCN(c1c(F)cc(CBr)cc1F)C1CC1. The van der Waals surface area contributed by atoms with Crippen LogP contribution in [-0.4, -0.2) is 12.6 Å². The number of benzene rings is 1. The second kappa shape index (κ2) is 5.34. The van der Waals surface area contributed by atoms with Crippen LogP contribution >= 0.6 is 15.9 Å². The lowest BCUT2D eigenvalue weighted by Gasteiger charge is -2.25. The van der Waals surface area contributed by atoms with Gasteiger partial charge in [0.25, 0.3) is 0 Å². The van der Waals surface area contributed by atoms with E-state index in [1.54, 1.807) is 0 Å². The number of halogens is 3. The fourth-order valence-corrected chi connectivity index (χ4v) is 2.40. The zero-order valence-electron chi connectivity index (χ0n) is 9.85. The third-order valence-electron chi connectivity index (χ3n) is 2.97. The van der Waals surface area contributed by atoms with Gasteiger partial charge < -0.3 is 4.90 Å². The summed E-state index contributed by atoms with van der Waals surface area (Å²) >= 11 is 3.21. The Hall–Kier alpha value is -0.640. The van der Waals surface area contributed by atoms with E-state index in [0.717, 1.165) is 19.3 Å². The molecule has 0 N–H and O–H groups in total. The van der Waals surface area contributed by atoms with E-state index < -0.39 is 11.6 Å². The van der Waals surface area contributed by atoms with Gasteiger partial charge in [-0.1, -0.05) is 22.9 Å². The van der Waals surface area contributed by atoms with Gasteiger partial charge in [-0.15, -0.1) is 0 Å². The summed E-state index contributed by atoms with van der Waals surface area (Å²) in [5.41, 5.74) is 0.787. The highest BCUT2D eigenvalue weighted by Crippen LogP contribution is 2.35. The molecule has 1 fully saturated rings. The molecule has 1 aromatic rings. The van der Waals surface area contributed by atoms with Crippen LogP contribution < -0.4 is 4.90 Å². The molecule has 1 aliphatic carbocycles. The van der Waals surface area contributed by atoms with Crippen molar-refractivity contribution < 1.29 is 8.78 Å². The first kappa shape index (κ1) is 12.8. The molecule has 0 radical (unpaired) electrons. The average Bonchev–Trinajstić information content (AvgIpc) is 3.10. The van der Waals surface area contributed by atoms with Crippen molar-refractivity contribution in [3.63, 3.8) is 0 Å². The number of nitrogens with zero attached hydrogens (tertiary/aromatic N) is 1. The maximum Gasteiger partial charge on any atom is 0.149 e. The second-order valence-electron chi connectivity index (χ2n) is 4.47. The van der Waals surface area contributed by atoms with E-state index in [1.165, 1.54) is 12.1 Å². The Morgan fingerprint density at radius 1 is 1.29 bits per heavy atom. The van der Waals surface area contributed by atoms with Crippen LogP contribution in [0.15, 0.2) is 12.1 Å². The monoisotopic (exact) mass is 303 g/mol. The molecule has 0 bridgehead atoms. The standard InChI is InChI=1S/C13H16BrF2N/c1-2-5-17(10-3-4-10)13-11(15)6-9(8-14)7-12(13)16/h6-7,10H,2-5,8H2,1H3. The Morgan fingerprint density at radius 2 is 1.88 bits per heavy atom. The van der Waals surface area contributed by atoms with Crippen molar-refractivity contribution in [3.05, 3.63) is 29.3 Å². The zero-order chi connectivity index (χ0) is 12.4. The minimum Gasteiger partial charge on any atom is -0.364 e. The summed E-state index contributed by atoms with van der Waals surface area (Å²) in [6.07, 6.45) is 2.98. The van der Waals surface area contributed by atoms with Crippen molar-refractivity contribution in [1.29, 1.82) is 0 Å². The summed E-state index contributed by atoms with van der Waals surface area (Å²) in [5.74, 6) is -0.889. The molecule has 2 rings (SSSR count). The van der Waals surface area contributed by atoms with Gasteiger partial charge in [-0.3, -0.25) is 0 Å². The molecule has 0 aromatic heterocycles. The predicted molar refractivity (Wildman–Crippen MR) is 69.6 cm³/mol. The second-order valence-corrected chi connectivity index (χ2v) is 5.03. The minimum absolute atomic E-state index is 0.152. The van der Waals surface area contributed by atoms with E-state index >= 15 is 0 Å². The third kappa shape index (κ3) is 2.79. The first-order valence-corrected chi connectivity index (χ1v) is 7.10. The van der Waals surface area contributed by atoms with Gasteiger partial charge in [-0.2, -0.15) is 0 Å².